The van der Waals surface area contributed by atoms with Crippen molar-refractivity contribution in [2.75, 3.05) is 0 Å². The molecule has 3 atom stereocenters. The van der Waals surface area contributed by atoms with Gasteiger partial charge in [0.05, 0.1) is 12.2 Å². The molecule has 1 aliphatic rings. The highest BCUT2D eigenvalue weighted by molar-refractivity contribution is 6.69. The summed E-state index contributed by atoms with van der Waals surface area (Å²) < 4.78 is 11.5. The summed E-state index contributed by atoms with van der Waals surface area (Å²) in [4.78, 5) is 0. The largest absolute Gasteiger partial charge is 0.401 e. The third-order valence-corrected chi connectivity index (χ3v) is 4.60. The van der Waals surface area contributed by atoms with Crippen molar-refractivity contribution in [1.82, 2.24) is 0 Å². The second-order valence-corrected chi connectivity index (χ2v) is 11.5. The Morgan fingerprint density at radius 2 is 1.87 bits per heavy atom. The van der Waals surface area contributed by atoms with Crippen LogP contribution in [0.1, 0.15) is 51.9 Å². The lowest BCUT2D eigenvalue weighted by molar-refractivity contribution is 0.299. The Hall–Kier alpha value is -1.00. The normalized spacial score (nSPS) is 20.7. The van der Waals surface area contributed by atoms with Crippen molar-refractivity contribution in [3.8, 4) is 23.7 Å². The van der Waals surface area contributed by atoms with E-state index in [0.717, 1.165) is 6.42 Å². The van der Waals surface area contributed by atoms with Crippen LogP contribution in [0.5, 0.6) is 0 Å². The predicted molar refractivity (Wildman–Crippen MR) is 101 cm³/mol. The van der Waals surface area contributed by atoms with E-state index < -0.39 is 8.32 Å². The van der Waals surface area contributed by atoms with Crippen LogP contribution in [-0.4, -0.2) is 26.6 Å². The first-order valence-electron chi connectivity index (χ1n) is 8.90. The smallest absolute Gasteiger partial charge is 0.185 e. The van der Waals surface area contributed by atoms with Crippen LogP contribution >= 0.6 is 0 Å². The molecule has 0 aromatic rings. The van der Waals surface area contributed by atoms with E-state index in [1.54, 1.807) is 6.08 Å². The first-order chi connectivity index (χ1) is 11.0. The maximum absolute atomic E-state index is 5.87. The van der Waals surface area contributed by atoms with Gasteiger partial charge in [-0.2, -0.15) is 0 Å². The molecule has 23 heavy (non-hydrogen) atoms. The van der Waals surface area contributed by atoms with Gasteiger partial charge in [-0.15, -0.1) is 0 Å². The lowest BCUT2D eigenvalue weighted by Gasteiger charge is -2.19. The van der Waals surface area contributed by atoms with Crippen LogP contribution in [0.3, 0.4) is 0 Å². The summed E-state index contributed by atoms with van der Waals surface area (Å²) in [5, 5.41) is 0. The van der Waals surface area contributed by atoms with Gasteiger partial charge in [0.25, 0.3) is 0 Å². The van der Waals surface area contributed by atoms with Gasteiger partial charge >= 0.3 is 0 Å². The molecule has 1 saturated heterocycles. The van der Waals surface area contributed by atoms with Crippen LogP contribution in [0.15, 0.2) is 12.7 Å². The predicted octanol–water partition coefficient (Wildman–Crippen LogP) is 4.92. The van der Waals surface area contributed by atoms with Gasteiger partial charge in [0.15, 0.2) is 8.32 Å². The van der Waals surface area contributed by atoms with E-state index in [-0.39, 0.29) is 6.10 Å². The Morgan fingerprint density at radius 3 is 2.52 bits per heavy atom. The number of hydrogen-bond donors (Lipinski definition) is 0. The van der Waals surface area contributed by atoms with Gasteiger partial charge in [-0.05, 0) is 37.9 Å². The summed E-state index contributed by atoms with van der Waals surface area (Å²) in [5.41, 5.74) is 0. The standard InChI is InChI=1S/C20H32O2Si/c1-6-8-9-10-13-16-19-20(21-19)17-14-11-12-15-18(7-2)22-23(3,4)5/h7,18-20H,2,6,8-10,13,16-17H2,1,3-5H3. The summed E-state index contributed by atoms with van der Waals surface area (Å²) in [6.45, 7) is 12.4. The van der Waals surface area contributed by atoms with Gasteiger partial charge in [0.2, 0.25) is 0 Å². The topological polar surface area (TPSA) is 21.8 Å². The fourth-order valence-corrected chi connectivity index (χ4v) is 3.30. The van der Waals surface area contributed by atoms with Crippen molar-refractivity contribution in [2.24, 2.45) is 0 Å². The zero-order valence-electron chi connectivity index (χ0n) is 15.3. The van der Waals surface area contributed by atoms with Gasteiger partial charge in [-0.3, -0.25) is 0 Å². The minimum atomic E-state index is -1.59. The van der Waals surface area contributed by atoms with Crippen LogP contribution in [0, 0.1) is 23.7 Å². The summed E-state index contributed by atoms with van der Waals surface area (Å²) in [7, 11) is -1.59. The first-order valence-corrected chi connectivity index (χ1v) is 12.3. The molecule has 1 aliphatic heterocycles. The molecular formula is C20H32O2Si. The number of epoxide rings is 1. The Bertz CT molecular complexity index is 470. The molecule has 0 N–H and O–H groups in total. The maximum Gasteiger partial charge on any atom is 0.185 e. The van der Waals surface area contributed by atoms with Crippen molar-refractivity contribution < 1.29 is 9.16 Å². The quantitative estimate of drug-likeness (QED) is 0.186. The zero-order valence-corrected chi connectivity index (χ0v) is 16.3. The Kier molecular flexibility index (Phi) is 9.33. The van der Waals surface area contributed by atoms with Crippen LogP contribution in [0.2, 0.25) is 19.6 Å². The second-order valence-electron chi connectivity index (χ2n) is 7.08. The highest BCUT2D eigenvalue weighted by Gasteiger charge is 2.36. The molecule has 1 rings (SSSR count). The van der Waals surface area contributed by atoms with Crippen molar-refractivity contribution in [3.05, 3.63) is 12.7 Å². The average molecular weight is 333 g/mol. The van der Waals surface area contributed by atoms with E-state index in [0.29, 0.717) is 12.2 Å². The molecular weight excluding hydrogens is 300 g/mol. The van der Waals surface area contributed by atoms with Crippen molar-refractivity contribution in [2.45, 2.75) is 89.8 Å². The molecule has 0 aromatic heterocycles. The first kappa shape index (κ1) is 20.0. The summed E-state index contributed by atoms with van der Waals surface area (Å²) >= 11 is 0. The highest BCUT2D eigenvalue weighted by Crippen LogP contribution is 2.29. The molecule has 2 nitrogen and oxygen atoms in total. The van der Waals surface area contributed by atoms with E-state index in [1.165, 1.54) is 38.5 Å². The lowest BCUT2D eigenvalue weighted by atomic mass is 10.1. The zero-order chi connectivity index (χ0) is 17.1. The second kappa shape index (κ2) is 10.7. The molecule has 3 unspecified atom stereocenters. The molecule has 0 aliphatic carbocycles. The maximum atomic E-state index is 5.87. The van der Waals surface area contributed by atoms with E-state index in [2.05, 4.69) is 56.8 Å². The SMILES string of the molecule is C=CC(C#CC#CCC1OC1CCCCCCC)O[Si](C)(C)C. The molecule has 128 valence electrons. The average Bonchev–Trinajstić information content (AvgIpc) is 3.22. The van der Waals surface area contributed by atoms with Crippen LogP contribution < -0.4 is 0 Å². The van der Waals surface area contributed by atoms with Crippen molar-refractivity contribution in [1.29, 1.82) is 0 Å². The molecule has 3 heteroatoms. The van der Waals surface area contributed by atoms with E-state index in [9.17, 15) is 0 Å². The summed E-state index contributed by atoms with van der Waals surface area (Å²) in [6, 6.07) is 0. The fraction of sp³-hybridized carbons (Fsp3) is 0.700. The van der Waals surface area contributed by atoms with Crippen LogP contribution in [0.25, 0.3) is 0 Å². The monoisotopic (exact) mass is 332 g/mol. The van der Waals surface area contributed by atoms with Crippen molar-refractivity contribution >= 4 is 8.32 Å². The van der Waals surface area contributed by atoms with Gasteiger partial charge in [-0.25, -0.2) is 0 Å². The molecule has 0 saturated carbocycles. The number of unbranched alkanes of at least 4 members (excludes halogenated alkanes) is 4. The molecule has 0 amide bonds. The molecule has 1 heterocycles. The number of hydrogen-bond acceptors (Lipinski definition) is 2. The lowest BCUT2D eigenvalue weighted by Crippen LogP contribution is -2.30. The summed E-state index contributed by atoms with van der Waals surface area (Å²) in [5.74, 6) is 11.9. The van der Waals surface area contributed by atoms with E-state index in [4.69, 9.17) is 9.16 Å². The number of ether oxygens (including phenoxy) is 1. The molecule has 1 fully saturated rings. The highest BCUT2D eigenvalue weighted by atomic mass is 28.4. The molecule has 0 spiro atoms. The van der Waals surface area contributed by atoms with Gasteiger partial charge in [0, 0.05) is 6.42 Å². The van der Waals surface area contributed by atoms with Gasteiger partial charge in [-0.1, -0.05) is 63.5 Å². The number of rotatable bonds is 10. The van der Waals surface area contributed by atoms with Crippen LogP contribution in [-0.2, 0) is 9.16 Å². The Labute approximate surface area is 144 Å². The van der Waals surface area contributed by atoms with Crippen molar-refractivity contribution in [3.63, 3.8) is 0 Å². The minimum absolute atomic E-state index is 0.205. The van der Waals surface area contributed by atoms with Gasteiger partial charge in [0.1, 0.15) is 6.10 Å². The van der Waals surface area contributed by atoms with Crippen LogP contribution in [0.4, 0.5) is 0 Å². The molecule has 0 aromatic carbocycles. The molecule has 0 radical (unpaired) electrons. The Morgan fingerprint density at radius 1 is 1.13 bits per heavy atom. The van der Waals surface area contributed by atoms with E-state index in [1.807, 2.05) is 0 Å². The third-order valence-electron chi connectivity index (χ3n) is 3.64. The van der Waals surface area contributed by atoms with Gasteiger partial charge < -0.3 is 9.16 Å². The molecule has 0 bridgehead atoms. The summed E-state index contributed by atoms with van der Waals surface area (Å²) in [6.07, 6.45) is 10.9. The third kappa shape index (κ3) is 10.4. The Balaban J connectivity index is 2.17. The van der Waals surface area contributed by atoms with E-state index >= 15 is 0 Å². The fourth-order valence-electron chi connectivity index (χ4n) is 2.38. The minimum Gasteiger partial charge on any atom is -0.401 e.